The first-order valence-electron chi connectivity index (χ1n) is 4.86. The third-order valence-corrected chi connectivity index (χ3v) is 2.47. The largest absolute Gasteiger partial charge is 0.484 e. The Hall–Kier alpha value is -0.820. The fourth-order valence-electron chi connectivity index (χ4n) is 1.05. The monoisotopic (exact) mass is 335 g/mol. The number of methoxy groups -OCH3 is 1. The van der Waals surface area contributed by atoms with Gasteiger partial charge in [0.25, 0.3) is 5.91 Å². The third kappa shape index (κ3) is 5.32. The van der Waals surface area contributed by atoms with E-state index in [4.69, 9.17) is 9.47 Å². The predicted octanol–water partition coefficient (Wildman–Crippen LogP) is 1.43. The molecule has 5 heteroatoms. The summed E-state index contributed by atoms with van der Waals surface area (Å²) in [5.74, 6) is 0.560. The molecule has 16 heavy (non-hydrogen) atoms. The van der Waals surface area contributed by atoms with E-state index in [2.05, 4.69) is 27.9 Å². The van der Waals surface area contributed by atoms with Gasteiger partial charge in [0.2, 0.25) is 0 Å². The number of carbonyl (C=O) groups is 1. The number of amides is 1. The Morgan fingerprint density at radius 1 is 1.50 bits per heavy atom. The molecule has 0 spiro atoms. The molecule has 0 saturated carbocycles. The summed E-state index contributed by atoms with van der Waals surface area (Å²) in [6.07, 6.45) is 0. The maximum Gasteiger partial charge on any atom is 0.258 e. The van der Waals surface area contributed by atoms with Crippen molar-refractivity contribution in [1.82, 2.24) is 5.32 Å². The van der Waals surface area contributed by atoms with Gasteiger partial charge in [0, 0.05) is 17.2 Å². The van der Waals surface area contributed by atoms with Crippen LogP contribution in [-0.4, -0.2) is 32.8 Å². The lowest BCUT2D eigenvalue weighted by Crippen LogP contribution is -2.31. The molecule has 0 aliphatic rings. The van der Waals surface area contributed by atoms with Crippen molar-refractivity contribution in [2.24, 2.45) is 0 Å². The SMILES string of the molecule is COCCNC(=O)COc1cccc(I)c1. The van der Waals surface area contributed by atoms with Crippen LogP contribution in [0, 0.1) is 3.57 Å². The number of rotatable bonds is 6. The molecule has 0 heterocycles. The molecule has 1 rings (SSSR count). The lowest BCUT2D eigenvalue weighted by atomic mass is 10.3. The molecule has 0 aliphatic carbocycles. The average Bonchev–Trinajstić information content (AvgIpc) is 2.27. The summed E-state index contributed by atoms with van der Waals surface area (Å²) in [6.45, 7) is 1.05. The van der Waals surface area contributed by atoms with Crippen molar-refractivity contribution >= 4 is 28.5 Å². The molecule has 0 radical (unpaired) electrons. The van der Waals surface area contributed by atoms with E-state index in [0.717, 1.165) is 3.57 Å². The highest BCUT2D eigenvalue weighted by Crippen LogP contribution is 2.14. The molecule has 0 bridgehead atoms. The summed E-state index contributed by atoms with van der Waals surface area (Å²) in [6, 6.07) is 7.56. The summed E-state index contributed by atoms with van der Waals surface area (Å²) < 4.78 is 11.2. The van der Waals surface area contributed by atoms with Gasteiger partial charge >= 0.3 is 0 Å². The van der Waals surface area contributed by atoms with Gasteiger partial charge in [-0.2, -0.15) is 0 Å². The fourth-order valence-corrected chi connectivity index (χ4v) is 1.56. The summed E-state index contributed by atoms with van der Waals surface area (Å²) in [4.78, 5) is 11.3. The van der Waals surface area contributed by atoms with E-state index in [1.807, 2.05) is 24.3 Å². The Morgan fingerprint density at radius 2 is 2.31 bits per heavy atom. The lowest BCUT2D eigenvalue weighted by molar-refractivity contribution is -0.123. The van der Waals surface area contributed by atoms with Gasteiger partial charge in [0.05, 0.1) is 6.61 Å². The van der Waals surface area contributed by atoms with Crippen molar-refractivity contribution in [2.45, 2.75) is 0 Å². The van der Waals surface area contributed by atoms with Gasteiger partial charge in [0.15, 0.2) is 6.61 Å². The number of benzene rings is 1. The summed E-state index contributed by atoms with van der Waals surface area (Å²) >= 11 is 2.19. The van der Waals surface area contributed by atoms with Crippen LogP contribution < -0.4 is 10.1 Å². The highest BCUT2D eigenvalue weighted by Gasteiger charge is 2.01. The second-order valence-corrected chi connectivity index (χ2v) is 4.33. The third-order valence-electron chi connectivity index (χ3n) is 1.79. The van der Waals surface area contributed by atoms with E-state index in [1.165, 1.54) is 0 Å². The van der Waals surface area contributed by atoms with Crippen molar-refractivity contribution in [3.8, 4) is 5.75 Å². The van der Waals surface area contributed by atoms with E-state index in [-0.39, 0.29) is 12.5 Å². The van der Waals surface area contributed by atoms with Gasteiger partial charge in [-0.25, -0.2) is 0 Å². The predicted molar refractivity (Wildman–Crippen MR) is 69.5 cm³/mol. The Labute approximate surface area is 108 Å². The van der Waals surface area contributed by atoms with Gasteiger partial charge in [-0.1, -0.05) is 6.07 Å². The molecule has 1 N–H and O–H groups in total. The number of ether oxygens (including phenoxy) is 2. The van der Waals surface area contributed by atoms with Crippen molar-refractivity contribution in [3.05, 3.63) is 27.8 Å². The first-order valence-corrected chi connectivity index (χ1v) is 5.94. The maximum absolute atomic E-state index is 11.3. The molecule has 0 fully saturated rings. The number of hydrogen-bond acceptors (Lipinski definition) is 3. The summed E-state index contributed by atoms with van der Waals surface area (Å²) in [7, 11) is 1.59. The molecule has 1 aromatic rings. The van der Waals surface area contributed by atoms with E-state index in [9.17, 15) is 4.79 Å². The van der Waals surface area contributed by atoms with Crippen molar-refractivity contribution in [3.63, 3.8) is 0 Å². The number of hydrogen-bond donors (Lipinski definition) is 1. The molecule has 0 saturated heterocycles. The Balaban J connectivity index is 2.26. The smallest absolute Gasteiger partial charge is 0.258 e. The molecular weight excluding hydrogens is 321 g/mol. The van der Waals surface area contributed by atoms with Crippen LogP contribution in [0.2, 0.25) is 0 Å². The van der Waals surface area contributed by atoms with Crippen LogP contribution in [0.25, 0.3) is 0 Å². The molecule has 88 valence electrons. The highest BCUT2D eigenvalue weighted by atomic mass is 127. The zero-order valence-electron chi connectivity index (χ0n) is 9.03. The summed E-state index contributed by atoms with van der Waals surface area (Å²) in [5, 5.41) is 2.68. The Kier molecular flexibility index (Phi) is 6.17. The summed E-state index contributed by atoms with van der Waals surface area (Å²) in [5.41, 5.74) is 0. The van der Waals surface area contributed by atoms with Crippen LogP contribution in [0.5, 0.6) is 5.75 Å². The number of nitrogens with one attached hydrogen (secondary N) is 1. The van der Waals surface area contributed by atoms with Crippen LogP contribution >= 0.6 is 22.6 Å². The minimum absolute atomic E-state index is 0.0316. The molecule has 0 unspecified atom stereocenters. The van der Waals surface area contributed by atoms with Crippen LogP contribution in [0.3, 0.4) is 0 Å². The van der Waals surface area contributed by atoms with E-state index in [0.29, 0.717) is 18.9 Å². The minimum atomic E-state index is -0.143. The zero-order valence-corrected chi connectivity index (χ0v) is 11.2. The molecule has 4 nitrogen and oxygen atoms in total. The van der Waals surface area contributed by atoms with Crippen LogP contribution in [0.15, 0.2) is 24.3 Å². The normalized spacial score (nSPS) is 9.88. The maximum atomic E-state index is 11.3. The van der Waals surface area contributed by atoms with Crippen LogP contribution in [0.1, 0.15) is 0 Å². The molecule has 1 amide bonds. The number of halogens is 1. The van der Waals surface area contributed by atoms with Gasteiger partial charge in [0.1, 0.15) is 5.75 Å². The first kappa shape index (κ1) is 13.2. The van der Waals surface area contributed by atoms with Gasteiger partial charge in [-0.05, 0) is 40.8 Å². The second-order valence-electron chi connectivity index (χ2n) is 3.09. The van der Waals surface area contributed by atoms with Gasteiger partial charge in [-0.15, -0.1) is 0 Å². The average molecular weight is 335 g/mol. The molecule has 1 aromatic carbocycles. The Morgan fingerprint density at radius 3 is 3.00 bits per heavy atom. The lowest BCUT2D eigenvalue weighted by Gasteiger charge is -2.07. The van der Waals surface area contributed by atoms with Crippen molar-refractivity contribution in [1.29, 1.82) is 0 Å². The fraction of sp³-hybridized carbons (Fsp3) is 0.364. The minimum Gasteiger partial charge on any atom is -0.484 e. The van der Waals surface area contributed by atoms with Crippen LogP contribution in [-0.2, 0) is 9.53 Å². The zero-order chi connectivity index (χ0) is 11.8. The van der Waals surface area contributed by atoms with Gasteiger partial charge < -0.3 is 14.8 Å². The van der Waals surface area contributed by atoms with Gasteiger partial charge in [-0.3, -0.25) is 4.79 Å². The standard InChI is InChI=1S/C11H14INO3/c1-15-6-5-13-11(14)8-16-10-4-2-3-9(12)7-10/h2-4,7H,5-6,8H2,1H3,(H,13,14). The van der Waals surface area contributed by atoms with E-state index >= 15 is 0 Å². The number of carbonyl (C=O) groups excluding carboxylic acids is 1. The quantitative estimate of drug-likeness (QED) is 0.632. The van der Waals surface area contributed by atoms with Crippen LogP contribution in [0.4, 0.5) is 0 Å². The topological polar surface area (TPSA) is 47.6 Å². The molecule has 0 atom stereocenters. The van der Waals surface area contributed by atoms with Crippen molar-refractivity contribution in [2.75, 3.05) is 26.9 Å². The first-order chi connectivity index (χ1) is 7.72. The Bertz CT molecular complexity index is 344. The molecule has 0 aromatic heterocycles. The van der Waals surface area contributed by atoms with E-state index in [1.54, 1.807) is 7.11 Å². The van der Waals surface area contributed by atoms with E-state index < -0.39 is 0 Å². The highest BCUT2D eigenvalue weighted by molar-refractivity contribution is 14.1. The molecule has 0 aliphatic heterocycles. The molecular formula is C11H14INO3. The van der Waals surface area contributed by atoms with Crippen molar-refractivity contribution < 1.29 is 14.3 Å². The second kappa shape index (κ2) is 7.45.